The van der Waals surface area contributed by atoms with Crippen molar-refractivity contribution in [2.75, 3.05) is 39.6 Å². The number of rotatable bonds is 74. The van der Waals surface area contributed by atoms with Crippen LogP contribution in [0.2, 0.25) is 0 Å². The Kier molecular flexibility index (Phi) is 67.2. The van der Waals surface area contributed by atoms with Crippen molar-refractivity contribution in [2.24, 2.45) is 0 Å². The van der Waals surface area contributed by atoms with Crippen molar-refractivity contribution in [1.29, 1.82) is 0 Å². The number of ether oxygens (including phenoxy) is 4. The third kappa shape index (κ3) is 68.1. The van der Waals surface area contributed by atoms with Crippen LogP contribution < -0.4 is 0 Å². The summed E-state index contributed by atoms with van der Waals surface area (Å²) in [6, 6.07) is 0. The summed E-state index contributed by atoms with van der Waals surface area (Å²) < 4.78 is 68.5. The van der Waals surface area contributed by atoms with Crippen molar-refractivity contribution < 1.29 is 80.2 Å². The van der Waals surface area contributed by atoms with Crippen LogP contribution in [0, 0.1) is 0 Å². The molecule has 0 aromatic rings. The number of unbranched alkanes of at least 4 members (excludes halogenated alkanes) is 44. The van der Waals surface area contributed by atoms with E-state index in [0.29, 0.717) is 25.7 Å². The lowest BCUT2D eigenvalue weighted by molar-refractivity contribution is -0.161. The van der Waals surface area contributed by atoms with Crippen molar-refractivity contribution in [2.45, 2.75) is 393 Å². The molecule has 0 aromatic carbocycles. The van der Waals surface area contributed by atoms with Gasteiger partial charge in [-0.05, 0) is 77.0 Å². The van der Waals surface area contributed by atoms with Gasteiger partial charge in [0.25, 0.3) is 0 Å². The molecule has 0 aliphatic carbocycles. The zero-order chi connectivity index (χ0) is 69.0. The van der Waals surface area contributed by atoms with Crippen LogP contribution in [0.1, 0.15) is 374 Å². The molecule has 19 heteroatoms. The molecule has 0 radical (unpaired) electrons. The quantitative estimate of drug-likeness (QED) is 0.0169. The Hall–Kier alpha value is -2.46. The molecule has 0 spiro atoms. The second kappa shape index (κ2) is 69.0. The Bertz CT molecular complexity index is 1880. The highest BCUT2D eigenvalue weighted by atomic mass is 31.2. The van der Waals surface area contributed by atoms with Crippen molar-refractivity contribution in [3.8, 4) is 0 Å². The summed E-state index contributed by atoms with van der Waals surface area (Å²) in [5, 5.41) is 10.6. The van der Waals surface area contributed by atoms with E-state index in [4.69, 9.17) is 37.0 Å². The average Bonchev–Trinajstić information content (AvgIpc) is 2.45. The molecular formula is C75H142O17P2. The molecule has 94 heavy (non-hydrogen) atoms. The molecule has 5 atom stereocenters. The average molecular weight is 1380 g/mol. The molecule has 0 saturated carbocycles. The Balaban J connectivity index is 5.29. The summed E-state index contributed by atoms with van der Waals surface area (Å²) in [7, 11) is -9.92. The van der Waals surface area contributed by atoms with Gasteiger partial charge < -0.3 is 33.8 Å². The second-order valence-corrected chi connectivity index (χ2v) is 29.2. The number of hydrogen-bond acceptors (Lipinski definition) is 15. The summed E-state index contributed by atoms with van der Waals surface area (Å²) in [6.07, 6.45) is 61.6. The van der Waals surface area contributed by atoms with Gasteiger partial charge in [0.05, 0.1) is 26.4 Å². The van der Waals surface area contributed by atoms with Crippen LogP contribution in [0.15, 0.2) is 24.3 Å². The molecule has 3 N–H and O–H groups in total. The molecule has 0 rings (SSSR count). The first-order chi connectivity index (χ1) is 45.7. The highest BCUT2D eigenvalue weighted by Crippen LogP contribution is 2.45. The van der Waals surface area contributed by atoms with Gasteiger partial charge in [0.2, 0.25) is 0 Å². The van der Waals surface area contributed by atoms with Gasteiger partial charge in [0, 0.05) is 25.7 Å². The molecule has 0 fully saturated rings. The van der Waals surface area contributed by atoms with E-state index in [1.807, 2.05) is 0 Å². The topological polar surface area (TPSA) is 237 Å². The highest BCUT2D eigenvalue weighted by Gasteiger charge is 2.30. The van der Waals surface area contributed by atoms with Gasteiger partial charge in [-0.2, -0.15) is 0 Å². The Morgan fingerprint density at radius 2 is 0.489 bits per heavy atom. The van der Waals surface area contributed by atoms with Crippen LogP contribution in [0.4, 0.5) is 0 Å². The van der Waals surface area contributed by atoms with Crippen LogP contribution >= 0.6 is 15.6 Å². The number of phosphoric acid groups is 2. The lowest BCUT2D eigenvalue weighted by Crippen LogP contribution is -2.30. The van der Waals surface area contributed by atoms with Crippen molar-refractivity contribution in [1.82, 2.24) is 0 Å². The summed E-state index contributed by atoms with van der Waals surface area (Å²) in [5.74, 6) is -2.15. The Morgan fingerprint density at radius 3 is 0.745 bits per heavy atom. The fraction of sp³-hybridized carbons (Fsp3) is 0.893. The van der Waals surface area contributed by atoms with Crippen LogP contribution in [-0.4, -0.2) is 96.7 Å². The maximum absolute atomic E-state index is 13.1. The third-order valence-electron chi connectivity index (χ3n) is 16.9. The number of carbonyl (C=O) groups is 4. The molecule has 0 aliphatic rings. The minimum absolute atomic E-state index is 0.103. The van der Waals surface area contributed by atoms with E-state index >= 15 is 0 Å². The summed E-state index contributed by atoms with van der Waals surface area (Å²) >= 11 is 0. The molecule has 0 aliphatic heterocycles. The number of aliphatic hydroxyl groups excluding tert-OH is 1. The second-order valence-electron chi connectivity index (χ2n) is 26.3. The van der Waals surface area contributed by atoms with Gasteiger partial charge in [-0.3, -0.25) is 37.3 Å². The molecule has 0 aromatic heterocycles. The van der Waals surface area contributed by atoms with Crippen LogP contribution in [0.3, 0.4) is 0 Å². The standard InChI is InChI=1S/C75H142O17P2/c1-5-9-13-17-21-25-29-33-34-38-40-44-48-52-56-60-73(78)86-66-71(92-75(80)62-58-54-50-46-42-37-32-28-24-20-16-12-8-4)68-90-94(83,84)88-64-69(76)63-87-93(81,82)89-67-70(91-74(79)61-57-53-49-45-41-36-31-27-23-19-15-11-7-3)65-85-72(77)59-55-51-47-43-39-35-30-26-22-18-14-10-6-2/h26,30,33-34,69-71,76H,5-25,27-29,31-32,35-68H2,1-4H3,(H,81,82)(H,83,84)/b30-26-,34-33-/t69-,70+,71+/m0/s1. The molecule has 17 nitrogen and oxygen atoms in total. The first-order valence-corrected chi connectivity index (χ1v) is 41.6. The molecule has 0 bridgehead atoms. The van der Waals surface area contributed by atoms with Gasteiger partial charge in [-0.1, -0.05) is 296 Å². The van der Waals surface area contributed by atoms with Gasteiger partial charge in [0.15, 0.2) is 12.2 Å². The normalized spacial score (nSPS) is 14.1. The third-order valence-corrected chi connectivity index (χ3v) is 18.8. The van der Waals surface area contributed by atoms with E-state index in [1.165, 1.54) is 167 Å². The van der Waals surface area contributed by atoms with Crippen LogP contribution in [0.5, 0.6) is 0 Å². The van der Waals surface area contributed by atoms with E-state index in [2.05, 4.69) is 52.0 Å². The Labute approximate surface area is 573 Å². The first kappa shape index (κ1) is 91.5. The smallest absolute Gasteiger partial charge is 0.462 e. The molecule has 0 amide bonds. The lowest BCUT2D eigenvalue weighted by atomic mass is 10.0. The van der Waals surface area contributed by atoms with Crippen molar-refractivity contribution >= 4 is 39.5 Å². The van der Waals surface area contributed by atoms with Gasteiger partial charge in [0.1, 0.15) is 19.3 Å². The lowest BCUT2D eigenvalue weighted by Gasteiger charge is -2.21. The number of carbonyl (C=O) groups excluding carboxylic acids is 4. The predicted molar refractivity (Wildman–Crippen MR) is 381 cm³/mol. The van der Waals surface area contributed by atoms with Gasteiger partial charge >= 0.3 is 39.5 Å². The van der Waals surface area contributed by atoms with Crippen LogP contribution in [-0.2, 0) is 65.4 Å². The number of hydrogen-bond donors (Lipinski definition) is 3. The monoisotopic (exact) mass is 1380 g/mol. The van der Waals surface area contributed by atoms with Crippen LogP contribution in [0.25, 0.3) is 0 Å². The number of phosphoric ester groups is 2. The van der Waals surface area contributed by atoms with Gasteiger partial charge in [-0.15, -0.1) is 0 Å². The van der Waals surface area contributed by atoms with E-state index in [9.17, 15) is 43.2 Å². The minimum Gasteiger partial charge on any atom is -0.462 e. The molecule has 2 unspecified atom stereocenters. The molecule has 554 valence electrons. The molecule has 0 heterocycles. The first-order valence-electron chi connectivity index (χ1n) is 38.6. The largest absolute Gasteiger partial charge is 0.472 e. The van der Waals surface area contributed by atoms with E-state index in [-0.39, 0.29) is 25.7 Å². The fourth-order valence-corrected chi connectivity index (χ4v) is 12.6. The van der Waals surface area contributed by atoms with Crippen molar-refractivity contribution in [3.63, 3.8) is 0 Å². The summed E-state index contributed by atoms with van der Waals surface area (Å²) in [5.41, 5.74) is 0. The maximum atomic E-state index is 13.1. The minimum atomic E-state index is -4.96. The number of allylic oxidation sites excluding steroid dienone is 4. The highest BCUT2D eigenvalue weighted by molar-refractivity contribution is 7.47. The molecule has 0 saturated heterocycles. The van der Waals surface area contributed by atoms with E-state index < -0.39 is 97.5 Å². The zero-order valence-corrected chi connectivity index (χ0v) is 62.2. The maximum Gasteiger partial charge on any atom is 0.472 e. The van der Waals surface area contributed by atoms with E-state index in [0.717, 1.165) is 128 Å². The number of aliphatic hydroxyl groups is 1. The fourth-order valence-electron chi connectivity index (χ4n) is 11.0. The summed E-state index contributed by atoms with van der Waals surface area (Å²) in [4.78, 5) is 72.8. The summed E-state index contributed by atoms with van der Waals surface area (Å²) in [6.45, 7) is 4.92. The van der Waals surface area contributed by atoms with E-state index in [1.54, 1.807) is 0 Å². The zero-order valence-electron chi connectivity index (χ0n) is 60.4. The number of esters is 4. The molecular weight excluding hydrogens is 1230 g/mol. The Morgan fingerprint density at radius 1 is 0.287 bits per heavy atom. The van der Waals surface area contributed by atoms with Gasteiger partial charge in [-0.25, -0.2) is 9.13 Å². The predicted octanol–water partition coefficient (Wildman–Crippen LogP) is 21.8. The van der Waals surface area contributed by atoms with Crippen molar-refractivity contribution in [3.05, 3.63) is 24.3 Å². The SMILES string of the molecule is CCCCCC/C=C\CCCCCCCC(=O)OC[C@H](COP(=O)(O)OC[C@H](O)COP(=O)(O)OC[C@@H](COC(=O)CCCCCCC/C=C\CCCCCCCC)OC(=O)CCCCCCCCCCCCCCC)OC(=O)CCCCCCCCCCCCCCC.